The summed E-state index contributed by atoms with van der Waals surface area (Å²) in [6, 6.07) is 11.6. The first kappa shape index (κ1) is 16.6. The maximum Gasteiger partial charge on any atom is 0.228 e. The summed E-state index contributed by atoms with van der Waals surface area (Å²) in [7, 11) is 1.65. The molecule has 1 fully saturated rings. The fourth-order valence-corrected chi connectivity index (χ4v) is 3.44. The topological polar surface area (TPSA) is 87.2 Å². The highest BCUT2D eigenvalue weighted by Crippen LogP contribution is 2.41. The lowest BCUT2D eigenvalue weighted by Crippen LogP contribution is -2.15. The normalized spacial score (nSPS) is 18.7. The van der Waals surface area contributed by atoms with Crippen LogP contribution in [0.15, 0.2) is 42.6 Å². The molecule has 1 saturated carbocycles. The number of para-hydroxylation sites is 1. The minimum Gasteiger partial charge on any atom is -0.496 e. The van der Waals surface area contributed by atoms with Crippen LogP contribution in [-0.2, 0) is 4.79 Å². The Kier molecular flexibility index (Phi) is 4.34. The van der Waals surface area contributed by atoms with Crippen molar-refractivity contribution in [1.29, 1.82) is 0 Å². The third-order valence-corrected chi connectivity index (χ3v) is 4.95. The summed E-state index contributed by atoms with van der Waals surface area (Å²) in [6.07, 6.45) is 3.43. The van der Waals surface area contributed by atoms with Gasteiger partial charge < -0.3 is 20.1 Å². The molecule has 0 radical (unpaired) electrons. The highest BCUT2D eigenvalue weighted by molar-refractivity contribution is 5.98. The Morgan fingerprint density at radius 1 is 1.31 bits per heavy atom. The predicted octanol–water partition coefficient (Wildman–Crippen LogP) is 3.20. The number of H-pyrrole nitrogens is 1. The smallest absolute Gasteiger partial charge is 0.228 e. The van der Waals surface area contributed by atoms with Crippen molar-refractivity contribution in [1.82, 2.24) is 9.97 Å². The molecule has 4 rings (SSSR count). The van der Waals surface area contributed by atoms with Gasteiger partial charge in [-0.15, -0.1) is 0 Å². The van der Waals surface area contributed by atoms with Gasteiger partial charge in [-0.25, -0.2) is 4.98 Å². The molecule has 3 aromatic rings. The molecule has 3 N–H and O–H groups in total. The molecule has 0 aliphatic heterocycles. The second kappa shape index (κ2) is 6.80. The molecule has 2 atom stereocenters. The molecule has 1 aliphatic carbocycles. The number of anilines is 1. The molecular weight excluding hydrogens is 330 g/mol. The number of carbonyl (C=O) groups is 1. The second-order valence-electron chi connectivity index (χ2n) is 6.60. The van der Waals surface area contributed by atoms with E-state index in [2.05, 4.69) is 15.3 Å². The molecular formula is C20H21N3O3. The van der Waals surface area contributed by atoms with Crippen LogP contribution in [0.2, 0.25) is 0 Å². The average Bonchev–Trinajstić information content (AvgIpc) is 3.31. The van der Waals surface area contributed by atoms with Crippen LogP contribution in [0.1, 0.15) is 12.8 Å². The van der Waals surface area contributed by atoms with E-state index < -0.39 is 0 Å². The SMILES string of the molecule is COc1ccccc1-c1c[nH]c2nc(NC(=O)[C@H]3CC3CCO)ccc12. The van der Waals surface area contributed by atoms with Crippen LogP contribution in [0.5, 0.6) is 5.75 Å². The zero-order chi connectivity index (χ0) is 18.1. The number of methoxy groups -OCH3 is 1. The van der Waals surface area contributed by atoms with Crippen LogP contribution in [-0.4, -0.2) is 34.7 Å². The number of benzene rings is 1. The molecule has 0 bridgehead atoms. The van der Waals surface area contributed by atoms with Gasteiger partial charge in [-0.1, -0.05) is 18.2 Å². The number of aromatic amines is 1. The molecule has 0 spiro atoms. The van der Waals surface area contributed by atoms with Crippen LogP contribution >= 0.6 is 0 Å². The van der Waals surface area contributed by atoms with Gasteiger partial charge in [0.2, 0.25) is 5.91 Å². The Hall–Kier alpha value is -2.86. The summed E-state index contributed by atoms with van der Waals surface area (Å²) in [5.74, 6) is 1.60. The molecule has 6 nitrogen and oxygen atoms in total. The van der Waals surface area contributed by atoms with Crippen molar-refractivity contribution in [3.8, 4) is 16.9 Å². The van der Waals surface area contributed by atoms with Crippen LogP contribution in [0.25, 0.3) is 22.2 Å². The number of aliphatic hydroxyl groups excluding tert-OH is 1. The highest BCUT2D eigenvalue weighted by Gasteiger charge is 2.42. The summed E-state index contributed by atoms with van der Waals surface area (Å²) < 4.78 is 5.45. The van der Waals surface area contributed by atoms with Crippen LogP contribution in [0, 0.1) is 11.8 Å². The number of fused-ring (bicyclic) bond motifs is 1. The lowest BCUT2D eigenvalue weighted by molar-refractivity contribution is -0.117. The van der Waals surface area contributed by atoms with E-state index in [1.54, 1.807) is 7.11 Å². The maximum absolute atomic E-state index is 12.2. The van der Waals surface area contributed by atoms with Gasteiger partial charge in [-0.3, -0.25) is 4.79 Å². The third-order valence-electron chi connectivity index (χ3n) is 4.95. The number of nitrogens with zero attached hydrogens (tertiary/aromatic N) is 1. The van der Waals surface area contributed by atoms with E-state index in [-0.39, 0.29) is 18.4 Å². The highest BCUT2D eigenvalue weighted by atomic mass is 16.5. The first-order chi connectivity index (χ1) is 12.7. The van der Waals surface area contributed by atoms with Crippen molar-refractivity contribution < 1.29 is 14.6 Å². The number of carbonyl (C=O) groups excluding carboxylic acids is 1. The van der Waals surface area contributed by atoms with E-state index in [4.69, 9.17) is 9.84 Å². The number of hydrogen-bond donors (Lipinski definition) is 3. The van der Waals surface area contributed by atoms with Crippen LogP contribution in [0.3, 0.4) is 0 Å². The van der Waals surface area contributed by atoms with Gasteiger partial charge in [0.05, 0.1) is 7.11 Å². The van der Waals surface area contributed by atoms with Gasteiger partial charge in [0, 0.05) is 35.2 Å². The standard InChI is InChI=1S/C20H21N3O3/c1-26-17-5-3-2-4-13(17)16-11-21-19-14(16)6-7-18(22-19)23-20(25)15-10-12(15)8-9-24/h2-7,11-12,15,24H,8-10H2,1H3,(H2,21,22,23,25)/t12?,15-/m0/s1. The number of amides is 1. The van der Waals surface area contributed by atoms with E-state index in [0.717, 1.165) is 28.7 Å². The molecule has 134 valence electrons. The predicted molar refractivity (Wildman–Crippen MR) is 100 cm³/mol. The average molecular weight is 351 g/mol. The molecule has 1 aliphatic rings. The lowest BCUT2D eigenvalue weighted by atomic mass is 10.0. The fraction of sp³-hybridized carbons (Fsp3) is 0.300. The third kappa shape index (κ3) is 3.04. The summed E-state index contributed by atoms with van der Waals surface area (Å²) in [5.41, 5.74) is 2.71. The Morgan fingerprint density at radius 3 is 2.96 bits per heavy atom. The van der Waals surface area contributed by atoms with E-state index >= 15 is 0 Å². The molecule has 1 amide bonds. The molecule has 1 aromatic carbocycles. The number of aromatic nitrogens is 2. The van der Waals surface area contributed by atoms with Crippen molar-refractivity contribution in [2.75, 3.05) is 19.0 Å². The van der Waals surface area contributed by atoms with E-state index in [1.807, 2.05) is 42.6 Å². The van der Waals surface area contributed by atoms with Crippen molar-refractivity contribution >= 4 is 22.8 Å². The number of nitrogens with one attached hydrogen (secondary N) is 2. The summed E-state index contributed by atoms with van der Waals surface area (Å²) >= 11 is 0. The van der Waals surface area contributed by atoms with Gasteiger partial charge in [-0.2, -0.15) is 0 Å². The minimum atomic E-state index is -0.0215. The Balaban J connectivity index is 1.57. The van der Waals surface area contributed by atoms with Crippen LogP contribution < -0.4 is 10.1 Å². The van der Waals surface area contributed by atoms with Gasteiger partial charge in [0.15, 0.2) is 0 Å². The molecule has 6 heteroatoms. The zero-order valence-corrected chi connectivity index (χ0v) is 14.5. The van der Waals surface area contributed by atoms with E-state index in [0.29, 0.717) is 23.8 Å². The first-order valence-corrected chi connectivity index (χ1v) is 8.74. The summed E-state index contributed by atoms with van der Waals surface area (Å²) in [4.78, 5) is 19.9. The quantitative estimate of drug-likeness (QED) is 0.636. The summed E-state index contributed by atoms with van der Waals surface area (Å²) in [6.45, 7) is 0.132. The lowest BCUT2D eigenvalue weighted by Gasteiger charge is -2.07. The molecule has 26 heavy (non-hydrogen) atoms. The number of pyridine rings is 1. The monoisotopic (exact) mass is 351 g/mol. The molecule has 0 saturated heterocycles. The molecule has 2 aromatic heterocycles. The summed E-state index contributed by atoms with van der Waals surface area (Å²) in [5, 5.41) is 12.8. The fourth-order valence-electron chi connectivity index (χ4n) is 3.44. The van der Waals surface area contributed by atoms with E-state index in [9.17, 15) is 4.79 Å². The zero-order valence-electron chi connectivity index (χ0n) is 14.5. The number of ether oxygens (including phenoxy) is 1. The van der Waals surface area contributed by atoms with Gasteiger partial charge in [0.1, 0.15) is 17.2 Å². The Morgan fingerprint density at radius 2 is 2.15 bits per heavy atom. The van der Waals surface area contributed by atoms with Crippen molar-refractivity contribution in [2.45, 2.75) is 12.8 Å². The first-order valence-electron chi connectivity index (χ1n) is 8.74. The Labute approximate surface area is 151 Å². The molecule has 2 heterocycles. The van der Waals surface area contributed by atoms with Gasteiger partial charge in [-0.05, 0) is 37.0 Å². The molecule has 1 unspecified atom stereocenters. The van der Waals surface area contributed by atoms with E-state index in [1.165, 1.54) is 0 Å². The minimum absolute atomic E-state index is 0.00701. The van der Waals surface area contributed by atoms with Crippen molar-refractivity contribution in [3.63, 3.8) is 0 Å². The maximum atomic E-state index is 12.2. The number of hydrogen-bond acceptors (Lipinski definition) is 4. The van der Waals surface area contributed by atoms with Crippen molar-refractivity contribution in [2.24, 2.45) is 11.8 Å². The van der Waals surface area contributed by atoms with Crippen LogP contribution in [0.4, 0.5) is 5.82 Å². The van der Waals surface area contributed by atoms with Gasteiger partial charge >= 0.3 is 0 Å². The van der Waals surface area contributed by atoms with Gasteiger partial charge in [0.25, 0.3) is 0 Å². The number of aliphatic hydroxyl groups is 1. The second-order valence-corrected chi connectivity index (χ2v) is 6.60. The Bertz CT molecular complexity index is 950. The van der Waals surface area contributed by atoms with Crippen molar-refractivity contribution in [3.05, 3.63) is 42.6 Å². The largest absolute Gasteiger partial charge is 0.496 e. The number of rotatable bonds is 6.